The van der Waals surface area contributed by atoms with Gasteiger partial charge in [0.15, 0.2) is 0 Å². The summed E-state index contributed by atoms with van der Waals surface area (Å²) in [5, 5.41) is 12.8. The van der Waals surface area contributed by atoms with E-state index in [0.29, 0.717) is 23.2 Å². The summed E-state index contributed by atoms with van der Waals surface area (Å²) in [4.78, 5) is 11.1. The summed E-state index contributed by atoms with van der Waals surface area (Å²) in [6, 6.07) is 14.0. The van der Waals surface area contributed by atoms with Crippen molar-refractivity contribution >= 4 is 5.82 Å². The van der Waals surface area contributed by atoms with Crippen molar-refractivity contribution in [1.82, 2.24) is 14.9 Å². The second kappa shape index (κ2) is 10.3. The fraction of sp³-hybridized carbons (Fsp3) is 0.346. The molecular weight excluding hydrogens is 414 g/mol. The summed E-state index contributed by atoms with van der Waals surface area (Å²) in [5.41, 5.74) is 3.75. The van der Waals surface area contributed by atoms with Gasteiger partial charge in [0, 0.05) is 50.2 Å². The third-order valence-corrected chi connectivity index (χ3v) is 5.89. The summed E-state index contributed by atoms with van der Waals surface area (Å²) < 4.78 is 11.6. The number of aromatic nitrogens is 2. The molecule has 1 aliphatic heterocycles. The molecule has 0 spiro atoms. The first-order valence-electron chi connectivity index (χ1n) is 11.2. The molecule has 0 saturated carbocycles. The Labute approximate surface area is 195 Å². The summed E-state index contributed by atoms with van der Waals surface area (Å²) in [5.74, 6) is 2.63. The van der Waals surface area contributed by atoms with E-state index >= 15 is 0 Å². The van der Waals surface area contributed by atoms with Crippen molar-refractivity contribution in [2.45, 2.75) is 39.3 Å². The quantitative estimate of drug-likeness (QED) is 0.559. The maximum Gasteiger partial charge on any atom is 0.218 e. The third kappa shape index (κ3) is 5.79. The summed E-state index contributed by atoms with van der Waals surface area (Å²) in [7, 11) is 1.60. The van der Waals surface area contributed by atoms with Crippen molar-refractivity contribution in [2.24, 2.45) is 0 Å². The van der Waals surface area contributed by atoms with Crippen molar-refractivity contribution in [3.05, 3.63) is 71.0 Å². The highest BCUT2D eigenvalue weighted by molar-refractivity contribution is 5.51. The number of nitriles is 1. The second-order valence-corrected chi connectivity index (χ2v) is 8.43. The zero-order chi connectivity index (χ0) is 23.2. The van der Waals surface area contributed by atoms with E-state index in [1.54, 1.807) is 13.2 Å². The van der Waals surface area contributed by atoms with Gasteiger partial charge in [0.2, 0.25) is 5.88 Å². The van der Waals surface area contributed by atoms with Crippen LogP contribution in [-0.2, 0) is 6.54 Å². The van der Waals surface area contributed by atoms with Crippen LogP contribution in [0.3, 0.4) is 0 Å². The van der Waals surface area contributed by atoms with Crippen LogP contribution in [0, 0.1) is 25.2 Å². The van der Waals surface area contributed by atoms with Crippen molar-refractivity contribution in [1.29, 1.82) is 5.26 Å². The lowest BCUT2D eigenvalue weighted by Gasteiger charge is -2.32. The van der Waals surface area contributed by atoms with Gasteiger partial charge in [0.1, 0.15) is 17.3 Å². The monoisotopic (exact) mass is 443 g/mol. The van der Waals surface area contributed by atoms with Crippen LogP contribution in [0.2, 0.25) is 0 Å². The van der Waals surface area contributed by atoms with E-state index in [0.717, 1.165) is 55.2 Å². The van der Waals surface area contributed by atoms with E-state index < -0.39 is 0 Å². The Balaban J connectivity index is 1.42. The molecule has 0 unspecified atom stereocenters. The molecule has 1 aliphatic rings. The van der Waals surface area contributed by atoms with Crippen LogP contribution >= 0.6 is 0 Å². The molecule has 0 atom stereocenters. The van der Waals surface area contributed by atoms with Gasteiger partial charge in [-0.3, -0.25) is 9.88 Å². The number of likely N-dealkylation sites (tertiary alicyclic amines) is 1. The first-order valence-corrected chi connectivity index (χ1v) is 11.2. The zero-order valence-corrected chi connectivity index (χ0v) is 19.3. The van der Waals surface area contributed by atoms with Gasteiger partial charge in [-0.15, -0.1) is 0 Å². The molecule has 2 aromatic heterocycles. The molecule has 3 heterocycles. The highest BCUT2D eigenvalue weighted by Crippen LogP contribution is 2.33. The summed E-state index contributed by atoms with van der Waals surface area (Å²) >= 11 is 0. The number of anilines is 1. The number of ether oxygens (including phenoxy) is 2. The largest absolute Gasteiger partial charge is 0.481 e. The number of hydrogen-bond acceptors (Lipinski definition) is 7. The number of aryl methyl sites for hydroxylation is 2. The van der Waals surface area contributed by atoms with Crippen LogP contribution in [0.4, 0.5) is 5.82 Å². The molecule has 33 heavy (non-hydrogen) atoms. The Morgan fingerprint density at radius 2 is 1.79 bits per heavy atom. The molecule has 1 saturated heterocycles. The van der Waals surface area contributed by atoms with Crippen molar-refractivity contribution < 1.29 is 9.47 Å². The lowest BCUT2D eigenvalue weighted by molar-refractivity contribution is 0.211. The second-order valence-electron chi connectivity index (χ2n) is 8.43. The molecule has 0 bridgehead atoms. The van der Waals surface area contributed by atoms with E-state index in [-0.39, 0.29) is 0 Å². The number of nitrogens with one attached hydrogen (secondary N) is 1. The number of nitrogens with zero attached hydrogens (tertiary/aromatic N) is 4. The van der Waals surface area contributed by atoms with Gasteiger partial charge in [0.25, 0.3) is 0 Å². The van der Waals surface area contributed by atoms with Crippen molar-refractivity contribution in [2.75, 3.05) is 25.5 Å². The Morgan fingerprint density at radius 3 is 2.42 bits per heavy atom. The standard InChI is InChI=1S/C26H29N5O2/c1-18-12-21(16-27)13-19(2)26(18)33-23-14-24(30-25(15-23)32-3)29-22-6-10-31(11-7-22)17-20-4-8-28-9-5-20/h4-5,8-9,12-15,22H,6-7,10-11,17H2,1-3H3,(H,29,30). The normalized spacial score (nSPS) is 14.5. The maximum atomic E-state index is 9.19. The lowest BCUT2D eigenvalue weighted by atomic mass is 10.0. The number of piperidine rings is 1. The predicted molar refractivity (Wildman–Crippen MR) is 128 cm³/mol. The highest BCUT2D eigenvalue weighted by Gasteiger charge is 2.20. The molecule has 0 aliphatic carbocycles. The van der Waals surface area contributed by atoms with Gasteiger partial charge in [0.05, 0.1) is 18.7 Å². The van der Waals surface area contributed by atoms with E-state index in [2.05, 4.69) is 38.4 Å². The van der Waals surface area contributed by atoms with Gasteiger partial charge in [-0.05, 0) is 67.6 Å². The number of methoxy groups -OCH3 is 1. The topological polar surface area (TPSA) is 83.3 Å². The predicted octanol–water partition coefficient (Wildman–Crippen LogP) is 4.84. The Morgan fingerprint density at radius 1 is 1.09 bits per heavy atom. The molecule has 7 heteroatoms. The Kier molecular flexibility index (Phi) is 7.06. The summed E-state index contributed by atoms with van der Waals surface area (Å²) in [6.45, 7) is 6.89. The molecule has 1 N–H and O–H groups in total. The number of rotatable bonds is 7. The average molecular weight is 444 g/mol. The Bertz CT molecular complexity index is 1110. The number of benzene rings is 1. The van der Waals surface area contributed by atoms with Crippen molar-refractivity contribution in [3.8, 4) is 23.4 Å². The van der Waals surface area contributed by atoms with Crippen LogP contribution in [-0.4, -0.2) is 41.1 Å². The molecule has 1 aromatic carbocycles. The van der Waals surface area contributed by atoms with E-state index in [1.807, 2.05) is 44.4 Å². The van der Waals surface area contributed by atoms with Gasteiger partial charge in [-0.25, -0.2) is 0 Å². The molecule has 0 radical (unpaired) electrons. The first-order chi connectivity index (χ1) is 16.0. The van der Waals surface area contributed by atoms with Crippen LogP contribution in [0.25, 0.3) is 0 Å². The minimum Gasteiger partial charge on any atom is -0.481 e. The average Bonchev–Trinajstić information content (AvgIpc) is 2.83. The molecular formula is C26H29N5O2. The van der Waals surface area contributed by atoms with Gasteiger partial charge >= 0.3 is 0 Å². The molecule has 4 rings (SSSR count). The first kappa shape index (κ1) is 22.6. The van der Waals surface area contributed by atoms with Crippen molar-refractivity contribution in [3.63, 3.8) is 0 Å². The molecule has 0 amide bonds. The Hall–Kier alpha value is -3.63. The molecule has 1 fully saturated rings. The number of pyridine rings is 2. The van der Waals surface area contributed by atoms with E-state index in [1.165, 1.54) is 5.56 Å². The number of hydrogen-bond donors (Lipinski definition) is 1. The third-order valence-electron chi connectivity index (χ3n) is 5.89. The van der Waals surface area contributed by atoms with Crippen LogP contribution < -0.4 is 14.8 Å². The minimum absolute atomic E-state index is 0.338. The van der Waals surface area contributed by atoms with Gasteiger partial charge < -0.3 is 14.8 Å². The van der Waals surface area contributed by atoms with Crippen LogP contribution in [0.1, 0.15) is 35.1 Å². The smallest absolute Gasteiger partial charge is 0.218 e. The molecule has 3 aromatic rings. The fourth-order valence-corrected chi connectivity index (χ4v) is 4.20. The summed E-state index contributed by atoms with van der Waals surface area (Å²) in [6.07, 6.45) is 5.76. The van der Waals surface area contributed by atoms with E-state index in [9.17, 15) is 5.26 Å². The lowest BCUT2D eigenvalue weighted by Crippen LogP contribution is -2.38. The zero-order valence-electron chi connectivity index (χ0n) is 19.3. The molecule has 170 valence electrons. The highest BCUT2D eigenvalue weighted by atomic mass is 16.5. The van der Waals surface area contributed by atoms with Gasteiger partial charge in [-0.2, -0.15) is 10.2 Å². The minimum atomic E-state index is 0.338. The molecule has 7 nitrogen and oxygen atoms in total. The van der Waals surface area contributed by atoms with E-state index in [4.69, 9.17) is 9.47 Å². The van der Waals surface area contributed by atoms with Crippen LogP contribution in [0.5, 0.6) is 17.4 Å². The fourth-order valence-electron chi connectivity index (χ4n) is 4.20. The van der Waals surface area contributed by atoms with Crippen LogP contribution in [0.15, 0.2) is 48.8 Å². The maximum absolute atomic E-state index is 9.19. The van der Waals surface area contributed by atoms with Gasteiger partial charge in [-0.1, -0.05) is 0 Å². The SMILES string of the molecule is COc1cc(Oc2c(C)cc(C#N)cc2C)cc(NC2CCN(Cc3ccncc3)CC2)n1.